The van der Waals surface area contributed by atoms with Gasteiger partial charge in [0.25, 0.3) is 0 Å². The summed E-state index contributed by atoms with van der Waals surface area (Å²) in [6.45, 7) is 0. The van der Waals surface area contributed by atoms with Crippen molar-refractivity contribution in [2.45, 2.75) is 0 Å². The van der Waals surface area contributed by atoms with Gasteiger partial charge in [0.05, 0.1) is 5.39 Å². The summed E-state index contributed by atoms with van der Waals surface area (Å²) in [5, 5.41) is 5.55. The smallest absolute Gasteiger partial charge is 0.180 e. The molecule has 0 atom stereocenters. The number of furan rings is 1. The van der Waals surface area contributed by atoms with Crippen LogP contribution in [0, 0.1) is 0 Å². The predicted octanol–water partition coefficient (Wildman–Crippen LogP) is 13.0. The largest absolute Gasteiger partial charge is 0.452 e. The van der Waals surface area contributed by atoms with Crippen molar-refractivity contribution >= 4 is 43.6 Å². The van der Waals surface area contributed by atoms with Crippen LogP contribution in [-0.4, -0.2) is 9.97 Å². The summed E-state index contributed by atoms with van der Waals surface area (Å²) in [5.74, 6) is 0.663. The van der Waals surface area contributed by atoms with E-state index in [0.29, 0.717) is 11.4 Å². The maximum Gasteiger partial charge on any atom is 0.180 e. The summed E-state index contributed by atoms with van der Waals surface area (Å²) < 4.78 is 6.64. The topological polar surface area (TPSA) is 38.9 Å². The molecular weight excluding hydrogens is 621 g/mol. The Kier molecular flexibility index (Phi) is 6.81. The lowest BCUT2D eigenvalue weighted by Crippen LogP contribution is -1.95. The zero-order chi connectivity index (χ0) is 33.7. The minimum absolute atomic E-state index is 0.663. The van der Waals surface area contributed by atoms with Gasteiger partial charge >= 0.3 is 0 Å². The minimum Gasteiger partial charge on any atom is -0.452 e. The number of rotatable bonds is 5. The van der Waals surface area contributed by atoms with Gasteiger partial charge in [0.2, 0.25) is 0 Å². The Morgan fingerprint density at radius 2 is 0.902 bits per heavy atom. The first-order valence-electron chi connectivity index (χ1n) is 17.2. The number of aromatic nitrogens is 2. The van der Waals surface area contributed by atoms with Crippen molar-refractivity contribution in [1.82, 2.24) is 9.97 Å². The SMILES string of the molecule is c1ccc(-c2ccc(-c3cccc(-c4cccc(-c5nc(-c6cccc7ccccc67)c6oc7ccc8ccccc8c7c6n5)c4)c3)cc2)cc1. The fourth-order valence-corrected chi connectivity index (χ4v) is 7.35. The molecule has 0 fully saturated rings. The van der Waals surface area contributed by atoms with Gasteiger partial charge in [0, 0.05) is 11.1 Å². The van der Waals surface area contributed by atoms with Crippen molar-refractivity contribution < 1.29 is 4.42 Å². The van der Waals surface area contributed by atoms with Crippen LogP contribution in [0.2, 0.25) is 0 Å². The van der Waals surface area contributed by atoms with E-state index < -0.39 is 0 Å². The molecule has 10 rings (SSSR count). The van der Waals surface area contributed by atoms with Crippen LogP contribution in [0.3, 0.4) is 0 Å². The molecule has 0 saturated carbocycles. The summed E-state index contributed by atoms with van der Waals surface area (Å²) in [6, 6.07) is 64.0. The van der Waals surface area contributed by atoms with Gasteiger partial charge in [0.1, 0.15) is 16.8 Å². The molecule has 0 aliphatic carbocycles. The quantitative estimate of drug-likeness (QED) is 0.186. The molecule has 2 aromatic heterocycles. The Hall–Kier alpha value is -6.84. The summed E-state index contributed by atoms with van der Waals surface area (Å²) in [4.78, 5) is 10.6. The molecule has 0 bridgehead atoms. The van der Waals surface area contributed by atoms with Crippen LogP contribution in [0.4, 0.5) is 0 Å². The number of benzene rings is 8. The number of fused-ring (bicyclic) bond motifs is 6. The van der Waals surface area contributed by atoms with Gasteiger partial charge in [-0.3, -0.25) is 0 Å². The van der Waals surface area contributed by atoms with E-state index in [2.05, 4.69) is 176 Å². The molecule has 51 heavy (non-hydrogen) atoms. The molecule has 0 aliphatic rings. The van der Waals surface area contributed by atoms with E-state index in [1.54, 1.807) is 0 Å². The zero-order valence-corrected chi connectivity index (χ0v) is 27.6. The maximum atomic E-state index is 6.64. The van der Waals surface area contributed by atoms with Crippen LogP contribution in [0.5, 0.6) is 0 Å². The van der Waals surface area contributed by atoms with Crippen molar-refractivity contribution in [2.24, 2.45) is 0 Å². The van der Waals surface area contributed by atoms with E-state index in [4.69, 9.17) is 14.4 Å². The van der Waals surface area contributed by atoms with Gasteiger partial charge in [-0.05, 0) is 73.1 Å². The first-order chi connectivity index (χ1) is 25.3. The first kappa shape index (κ1) is 29.1. The van der Waals surface area contributed by atoms with E-state index in [9.17, 15) is 0 Å². The highest BCUT2D eigenvalue weighted by atomic mass is 16.3. The predicted molar refractivity (Wildman–Crippen MR) is 212 cm³/mol. The van der Waals surface area contributed by atoms with Crippen LogP contribution >= 0.6 is 0 Å². The second-order valence-electron chi connectivity index (χ2n) is 13.0. The Morgan fingerprint density at radius 1 is 0.373 bits per heavy atom. The van der Waals surface area contributed by atoms with E-state index in [0.717, 1.165) is 66.0 Å². The fraction of sp³-hybridized carbons (Fsp3) is 0. The first-order valence-corrected chi connectivity index (χ1v) is 17.2. The van der Waals surface area contributed by atoms with Gasteiger partial charge < -0.3 is 4.42 Å². The van der Waals surface area contributed by atoms with Gasteiger partial charge in [0.15, 0.2) is 11.4 Å². The fourth-order valence-electron chi connectivity index (χ4n) is 7.35. The normalized spacial score (nSPS) is 11.5. The van der Waals surface area contributed by atoms with Crippen LogP contribution in [-0.2, 0) is 0 Å². The average Bonchev–Trinajstić information content (AvgIpc) is 3.60. The van der Waals surface area contributed by atoms with E-state index >= 15 is 0 Å². The summed E-state index contributed by atoms with van der Waals surface area (Å²) in [6.07, 6.45) is 0. The molecule has 0 aliphatic heterocycles. The maximum absolute atomic E-state index is 6.64. The summed E-state index contributed by atoms with van der Waals surface area (Å²) in [7, 11) is 0. The Labute approximate surface area is 295 Å². The van der Waals surface area contributed by atoms with Crippen molar-refractivity contribution in [3.63, 3.8) is 0 Å². The second-order valence-corrected chi connectivity index (χ2v) is 13.0. The van der Waals surface area contributed by atoms with Gasteiger partial charge in [-0.15, -0.1) is 0 Å². The Bertz CT molecular complexity index is 2900. The number of hydrogen-bond acceptors (Lipinski definition) is 3. The molecule has 0 N–H and O–H groups in total. The summed E-state index contributed by atoms with van der Waals surface area (Å²) >= 11 is 0. The molecular formula is C48H30N2O. The van der Waals surface area contributed by atoms with Crippen LogP contribution in [0.25, 0.3) is 99.6 Å². The highest BCUT2D eigenvalue weighted by Gasteiger charge is 2.21. The third kappa shape index (κ3) is 5.06. The van der Waals surface area contributed by atoms with E-state index in [-0.39, 0.29) is 0 Å². The molecule has 3 nitrogen and oxygen atoms in total. The lowest BCUT2D eigenvalue weighted by molar-refractivity contribution is 0.667. The molecule has 10 aromatic rings. The van der Waals surface area contributed by atoms with Gasteiger partial charge in [-0.25, -0.2) is 9.97 Å². The molecule has 0 saturated heterocycles. The Balaban J connectivity index is 1.12. The average molecular weight is 651 g/mol. The minimum atomic E-state index is 0.663. The molecule has 8 aromatic carbocycles. The molecule has 0 radical (unpaired) electrons. The van der Waals surface area contributed by atoms with E-state index in [1.165, 1.54) is 22.3 Å². The van der Waals surface area contributed by atoms with Crippen LogP contribution in [0.15, 0.2) is 186 Å². The van der Waals surface area contributed by atoms with E-state index in [1.807, 2.05) is 6.07 Å². The Morgan fingerprint density at radius 3 is 1.67 bits per heavy atom. The molecule has 0 unspecified atom stereocenters. The monoisotopic (exact) mass is 650 g/mol. The van der Waals surface area contributed by atoms with Crippen LogP contribution in [0.1, 0.15) is 0 Å². The third-order valence-electron chi connectivity index (χ3n) is 9.89. The molecule has 0 amide bonds. The number of nitrogens with zero attached hydrogens (tertiary/aromatic N) is 2. The van der Waals surface area contributed by atoms with Crippen LogP contribution < -0.4 is 0 Å². The molecule has 3 heteroatoms. The van der Waals surface area contributed by atoms with Crippen molar-refractivity contribution in [2.75, 3.05) is 0 Å². The highest BCUT2D eigenvalue weighted by molar-refractivity contribution is 6.19. The lowest BCUT2D eigenvalue weighted by atomic mass is 9.96. The van der Waals surface area contributed by atoms with Crippen molar-refractivity contribution in [1.29, 1.82) is 0 Å². The standard InChI is InChI=1S/C48H30N2O/c1-2-11-31(12-3-1)32-23-25-33(26-24-32)36-16-8-17-37(29-36)38-18-9-19-39(30-38)48-49-45(42-22-10-15-34-13-4-6-20-40(34)42)47-46(50-48)44-41-21-7-5-14-35(41)27-28-43(44)51-47/h1-30H. The lowest BCUT2D eigenvalue weighted by Gasteiger charge is -2.11. The third-order valence-corrected chi connectivity index (χ3v) is 9.89. The van der Waals surface area contributed by atoms with Crippen molar-refractivity contribution in [3.05, 3.63) is 182 Å². The van der Waals surface area contributed by atoms with Crippen molar-refractivity contribution in [3.8, 4) is 56.0 Å². The number of hydrogen-bond donors (Lipinski definition) is 0. The molecule has 0 spiro atoms. The summed E-state index contributed by atoms with van der Waals surface area (Å²) in [5.41, 5.74) is 12.1. The van der Waals surface area contributed by atoms with Gasteiger partial charge in [-0.1, -0.05) is 164 Å². The highest BCUT2D eigenvalue weighted by Crippen LogP contribution is 2.41. The van der Waals surface area contributed by atoms with Gasteiger partial charge in [-0.2, -0.15) is 0 Å². The molecule has 2 heterocycles. The molecule has 238 valence electrons. The second kappa shape index (κ2) is 11.9. The zero-order valence-electron chi connectivity index (χ0n) is 27.6.